The van der Waals surface area contributed by atoms with Gasteiger partial charge in [0.2, 0.25) is 0 Å². The van der Waals surface area contributed by atoms with E-state index in [-0.39, 0.29) is 11.9 Å². The van der Waals surface area contributed by atoms with Crippen LogP contribution < -0.4 is 14.8 Å². The van der Waals surface area contributed by atoms with Crippen molar-refractivity contribution in [3.05, 3.63) is 57.6 Å². The topological polar surface area (TPSA) is 67.9 Å². The molecular weight excluding hydrogens is 356 g/mol. The zero-order chi connectivity index (χ0) is 19.8. The number of hydrogen-bond donors (Lipinski definition) is 1. The maximum absolute atomic E-state index is 12.2. The van der Waals surface area contributed by atoms with Crippen molar-refractivity contribution in [2.45, 2.75) is 25.4 Å². The highest BCUT2D eigenvalue weighted by Gasteiger charge is 2.35. The van der Waals surface area contributed by atoms with Gasteiger partial charge in [-0.2, -0.15) is 0 Å². The quantitative estimate of drug-likeness (QED) is 0.826. The SMILES string of the molecule is CNC(=O)c1cc2c(cc1C=O)C1Cc3ccc(OC)c(OC)c3CN1CC2. The lowest BCUT2D eigenvalue weighted by atomic mass is 9.82. The van der Waals surface area contributed by atoms with Crippen molar-refractivity contribution in [2.75, 3.05) is 27.8 Å². The summed E-state index contributed by atoms with van der Waals surface area (Å²) in [4.78, 5) is 26.2. The molecule has 2 heterocycles. The van der Waals surface area contributed by atoms with Gasteiger partial charge in [-0.25, -0.2) is 0 Å². The molecule has 0 aliphatic carbocycles. The summed E-state index contributed by atoms with van der Waals surface area (Å²) >= 11 is 0. The summed E-state index contributed by atoms with van der Waals surface area (Å²) in [7, 11) is 4.90. The standard InChI is InChI=1S/C22H24N2O4/c1-23-22(26)17-8-14-6-7-24-11-18-13(4-5-20(27-2)21(18)28-3)10-19(24)16(14)9-15(17)12-25/h4-5,8-9,12,19H,6-7,10-11H2,1-3H3,(H,23,26). The molecule has 0 saturated heterocycles. The Morgan fingerprint density at radius 1 is 1.21 bits per heavy atom. The average molecular weight is 380 g/mol. The first-order valence-electron chi connectivity index (χ1n) is 9.42. The lowest BCUT2D eigenvalue weighted by molar-refractivity contribution is 0.0956. The number of benzene rings is 2. The molecule has 146 valence electrons. The maximum atomic E-state index is 12.2. The zero-order valence-electron chi connectivity index (χ0n) is 16.4. The first-order valence-corrected chi connectivity index (χ1v) is 9.42. The van der Waals surface area contributed by atoms with E-state index in [1.54, 1.807) is 21.3 Å². The predicted octanol–water partition coefficient (Wildman–Crippen LogP) is 2.53. The van der Waals surface area contributed by atoms with Crippen LogP contribution in [0, 0.1) is 0 Å². The van der Waals surface area contributed by atoms with Crippen LogP contribution in [0.1, 0.15) is 49.0 Å². The highest BCUT2D eigenvalue weighted by atomic mass is 16.5. The summed E-state index contributed by atoms with van der Waals surface area (Å²) in [5, 5.41) is 2.62. The lowest BCUT2D eigenvalue weighted by Gasteiger charge is -2.42. The monoisotopic (exact) mass is 380 g/mol. The Kier molecular flexibility index (Phi) is 4.81. The zero-order valence-corrected chi connectivity index (χ0v) is 16.4. The molecule has 4 rings (SSSR count). The van der Waals surface area contributed by atoms with Crippen LogP contribution in [-0.2, 0) is 19.4 Å². The number of hydrogen-bond acceptors (Lipinski definition) is 5. The van der Waals surface area contributed by atoms with Gasteiger partial charge >= 0.3 is 0 Å². The predicted molar refractivity (Wildman–Crippen MR) is 105 cm³/mol. The van der Waals surface area contributed by atoms with Gasteiger partial charge in [0.1, 0.15) is 0 Å². The van der Waals surface area contributed by atoms with E-state index in [9.17, 15) is 9.59 Å². The number of carbonyl (C=O) groups is 2. The fourth-order valence-corrected chi connectivity index (χ4v) is 4.49. The molecule has 6 nitrogen and oxygen atoms in total. The number of aldehydes is 1. The number of nitrogens with zero attached hydrogens (tertiary/aromatic N) is 1. The van der Waals surface area contributed by atoms with Crippen molar-refractivity contribution in [1.82, 2.24) is 10.2 Å². The Labute approximate surface area is 164 Å². The fourth-order valence-electron chi connectivity index (χ4n) is 4.49. The van der Waals surface area contributed by atoms with Gasteiger partial charge in [-0.1, -0.05) is 6.07 Å². The largest absolute Gasteiger partial charge is 0.493 e. The number of rotatable bonds is 4. The summed E-state index contributed by atoms with van der Waals surface area (Å²) in [5.41, 5.74) is 5.58. The van der Waals surface area contributed by atoms with Crippen molar-refractivity contribution in [3.63, 3.8) is 0 Å². The van der Waals surface area contributed by atoms with Crippen molar-refractivity contribution in [1.29, 1.82) is 0 Å². The van der Waals surface area contributed by atoms with Gasteiger partial charge in [0.05, 0.1) is 19.8 Å². The fraction of sp³-hybridized carbons (Fsp3) is 0.364. The molecule has 1 amide bonds. The molecule has 0 saturated carbocycles. The van der Waals surface area contributed by atoms with Crippen LogP contribution in [0.5, 0.6) is 11.5 Å². The van der Waals surface area contributed by atoms with Gasteiger partial charge in [-0.3, -0.25) is 14.5 Å². The molecule has 0 aromatic heterocycles. The molecule has 0 bridgehead atoms. The molecule has 1 unspecified atom stereocenters. The van der Waals surface area contributed by atoms with E-state index in [1.807, 2.05) is 18.2 Å². The lowest BCUT2D eigenvalue weighted by Crippen LogP contribution is -2.39. The van der Waals surface area contributed by atoms with Crippen LogP contribution in [0.4, 0.5) is 0 Å². The van der Waals surface area contributed by atoms with Crippen LogP contribution >= 0.6 is 0 Å². The van der Waals surface area contributed by atoms with Crippen LogP contribution in [0.3, 0.4) is 0 Å². The van der Waals surface area contributed by atoms with Crippen molar-refractivity contribution in [2.24, 2.45) is 0 Å². The summed E-state index contributed by atoms with van der Waals surface area (Å²) in [6, 6.07) is 8.02. The highest BCUT2D eigenvalue weighted by molar-refractivity contribution is 6.01. The van der Waals surface area contributed by atoms with Gasteiger partial charge in [-0.15, -0.1) is 0 Å². The Bertz CT molecular complexity index is 954. The van der Waals surface area contributed by atoms with E-state index in [4.69, 9.17) is 9.47 Å². The van der Waals surface area contributed by atoms with Crippen LogP contribution in [0.15, 0.2) is 24.3 Å². The normalized spacial score (nSPS) is 17.8. The second-order valence-corrected chi connectivity index (χ2v) is 7.21. The average Bonchev–Trinajstić information content (AvgIpc) is 2.75. The molecule has 0 radical (unpaired) electrons. The van der Waals surface area contributed by atoms with Crippen molar-refractivity contribution < 1.29 is 19.1 Å². The molecule has 1 N–H and O–H groups in total. The van der Waals surface area contributed by atoms with E-state index < -0.39 is 0 Å². The molecule has 0 spiro atoms. The third kappa shape index (κ3) is 2.85. The van der Waals surface area contributed by atoms with Crippen LogP contribution in [0.25, 0.3) is 0 Å². The summed E-state index contributed by atoms with van der Waals surface area (Å²) < 4.78 is 11.1. The van der Waals surface area contributed by atoms with E-state index in [1.165, 1.54) is 11.1 Å². The molecule has 2 aromatic rings. The highest BCUT2D eigenvalue weighted by Crippen LogP contribution is 2.44. The summed E-state index contributed by atoms with van der Waals surface area (Å²) in [5.74, 6) is 1.32. The Morgan fingerprint density at radius 3 is 2.71 bits per heavy atom. The molecule has 0 fully saturated rings. The third-order valence-corrected chi connectivity index (χ3v) is 5.90. The second-order valence-electron chi connectivity index (χ2n) is 7.21. The van der Waals surface area contributed by atoms with E-state index in [0.717, 1.165) is 54.8 Å². The van der Waals surface area contributed by atoms with Crippen LogP contribution in [-0.4, -0.2) is 44.9 Å². The minimum absolute atomic E-state index is 0.187. The third-order valence-electron chi connectivity index (χ3n) is 5.90. The van der Waals surface area contributed by atoms with E-state index >= 15 is 0 Å². The van der Waals surface area contributed by atoms with Crippen LogP contribution in [0.2, 0.25) is 0 Å². The summed E-state index contributed by atoms with van der Waals surface area (Å²) in [6.07, 6.45) is 2.45. The molecule has 2 aromatic carbocycles. The second kappa shape index (κ2) is 7.28. The van der Waals surface area contributed by atoms with Gasteiger partial charge in [-0.05, 0) is 47.7 Å². The number of carbonyl (C=O) groups excluding carboxylic acids is 2. The van der Waals surface area contributed by atoms with Gasteiger partial charge in [0, 0.05) is 37.3 Å². The Balaban J connectivity index is 1.77. The minimum Gasteiger partial charge on any atom is -0.493 e. The molecule has 2 aliphatic rings. The molecule has 1 atom stereocenters. The van der Waals surface area contributed by atoms with Gasteiger partial charge < -0.3 is 14.8 Å². The first-order chi connectivity index (χ1) is 13.6. The maximum Gasteiger partial charge on any atom is 0.251 e. The first kappa shape index (κ1) is 18.5. The molecular formula is C22H24N2O4. The molecule has 2 aliphatic heterocycles. The van der Waals surface area contributed by atoms with Crippen molar-refractivity contribution >= 4 is 12.2 Å². The Hall–Kier alpha value is -2.86. The number of amides is 1. The Morgan fingerprint density at radius 2 is 2.04 bits per heavy atom. The molecule has 6 heteroatoms. The van der Waals surface area contributed by atoms with Gasteiger partial charge in [0.25, 0.3) is 5.91 Å². The van der Waals surface area contributed by atoms with E-state index in [2.05, 4.69) is 16.3 Å². The number of methoxy groups -OCH3 is 2. The van der Waals surface area contributed by atoms with Crippen molar-refractivity contribution in [3.8, 4) is 11.5 Å². The van der Waals surface area contributed by atoms with E-state index in [0.29, 0.717) is 11.1 Å². The van der Waals surface area contributed by atoms with Gasteiger partial charge in [0.15, 0.2) is 17.8 Å². The number of fused-ring (bicyclic) bond motifs is 4. The summed E-state index contributed by atoms with van der Waals surface area (Å²) in [6.45, 7) is 1.67. The smallest absolute Gasteiger partial charge is 0.251 e. The number of nitrogens with one attached hydrogen (secondary N) is 1. The number of ether oxygens (including phenoxy) is 2. The minimum atomic E-state index is -0.224. The molecule has 28 heavy (non-hydrogen) atoms.